The molecule has 1 aromatic carbocycles. The molecule has 0 fully saturated rings. The standard InChI is InChI=1S/C11H17FN2O/c1-14(2)6-3-7-15-11-5-4-9(12)8-10(11)13/h4-5,8H,3,6-7,13H2,1-2H3. The van der Waals surface area contributed by atoms with Gasteiger partial charge in [-0.05, 0) is 32.6 Å². The lowest BCUT2D eigenvalue weighted by Crippen LogP contribution is -2.15. The van der Waals surface area contributed by atoms with E-state index in [0.29, 0.717) is 18.0 Å². The van der Waals surface area contributed by atoms with Crippen molar-refractivity contribution in [2.75, 3.05) is 33.0 Å². The molecule has 0 aromatic heterocycles. The number of hydrogen-bond donors (Lipinski definition) is 1. The van der Waals surface area contributed by atoms with Gasteiger partial charge in [-0.25, -0.2) is 4.39 Å². The smallest absolute Gasteiger partial charge is 0.142 e. The lowest BCUT2D eigenvalue weighted by Gasteiger charge is -2.11. The Morgan fingerprint density at radius 3 is 2.73 bits per heavy atom. The summed E-state index contributed by atoms with van der Waals surface area (Å²) >= 11 is 0. The van der Waals surface area contributed by atoms with Crippen molar-refractivity contribution in [1.29, 1.82) is 0 Å². The second kappa shape index (κ2) is 5.56. The summed E-state index contributed by atoms with van der Waals surface area (Å²) in [4.78, 5) is 2.08. The van der Waals surface area contributed by atoms with E-state index >= 15 is 0 Å². The van der Waals surface area contributed by atoms with Gasteiger partial charge in [-0.3, -0.25) is 0 Å². The molecule has 0 spiro atoms. The molecule has 1 rings (SSSR count). The molecule has 0 radical (unpaired) electrons. The molecule has 4 heteroatoms. The van der Waals surface area contributed by atoms with Gasteiger partial charge in [0, 0.05) is 12.6 Å². The number of nitrogen functional groups attached to an aromatic ring is 1. The van der Waals surface area contributed by atoms with Gasteiger partial charge >= 0.3 is 0 Å². The number of benzene rings is 1. The van der Waals surface area contributed by atoms with E-state index in [1.807, 2.05) is 14.1 Å². The van der Waals surface area contributed by atoms with Gasteiger partial charge in [0.1, 0.15) is 11.6 Å². The van der Waals surface area contributed by atoms with E-state index in [0.717, 1.165) is 13.0 Å². The highest BCUT2D eigenvalue weighted by Crippen LogP contribution is 2.21. The Labute approximate surface area is 89.6 Å². The topological polar surface area (TPSA) is 38.5 Å². The van der Waals surface area contributed by atoms with E-state index in [4.69, 9.17) is 10.5 Å². The molecule has 0 saturated carbocycles. The van der Waals surface area contributed by atoms with Crippen molar-refractivity contribution in [3.05, 3.63) is 24.0 Å². The minimum Gasteiger partial charge on any atom is -0.491 e. The molecule has 0 atom stereocenters. The summed E-state index contributed by atoms with van der Waals surface area (Å²) in [5, 5.41) is 0. The minimum absolute atomic E-state index is 0.340. The Balaban J connectivity index is 2.37. The highest BCUT2D eigenvalue weighted by Gasteiger charge is 2.01. The first kappa shape index (κ1) is 11.8. The van der Waals surface area contributed by atoms with E-state index in [1.165, 1.54) is 12.1 Å². The van der Waals surface area contributed by atoms with E-state index in [2.05, 4.69) is 4.90 Å². The van der Waals surface area contributed by atoms with E-state index in [9.17, 15) is 4.39 Å². The molecule has 2 N–H and O–H groups in total. The zero-order valence-corrected chi connectivity index (χ0v) is 9.16. The number of nitrogens with two attached hydrogens (primary N) is 1. The van der Waals surface area contributed by atoms with E-state index < -0.39 is 0 Å². The Morgan fingerprint density at radius 1 is 1.40 bits per heavy atom. The van der Waals surface area contributed by atoms with Crippen molar-refractivity contribution in [2.24, 2.45) is 0 Å². The largest absolute Gasteiger partial charge is 0.491 e. The maximum atomic E-state index is 12.7. The van der Waals surface area contributed by atoms with E-state index in [-0.39, 0.29) is 5.82 Å². The molecule has 0 unspecified atom stereocenters. The van der Waals surface area contributed by atoms with Gasteiger partial charge in [0.2, 0.25) is 0 Å². The van der Waals surface area contributed by atoms with Crippen LogP contribution in [-0.2, 0) is 0 Å². The second-order valence-electron chi connectivity index (χ2n) is 3.69. The normalized spacial score (nSPS) is 10.7. The van der Waals surface area contributed by atoms with Crippen LogP contribution in [-0.4, -0.2) is 32.1 Å². The molecule has 0 heterocycles. The Morgan fingerprint density at radius 2 is 2.13 bits per heavy atom. The third-order valence-corrected chi connectivity index (χ3v) is 1.98. The molecule has 0 saturated heterocycles. The summed E-state index contributed by atoms with van der Waals surface area (Å²) in [5.41, 5.74) is 5.94. The van der Waals surface area contributed by atoms with Gasteiger partial charge in [-0.2, -0.15) is 0 Å². The predicted octanol–water partition coefficient (Wildman–Crippen LogP) is 1.74. The number of nitrogens with zero attached hydrogens (tertiary/aromatic N) is 1. The Kier molecular flexibility index (Phi) is 4.37. The molecule has 1 aromatic rings. The van der Waals surface area contributed by atoms with Crippen LogP contribution < -0.4 is 10.5 Å². The summed E-state index contributed by atoms with van der Waals surface area (Å²) in [6, 6.07) is 4.17. The van der Waals surface area contributed by atoms with Crippen LogP contribution in [0.5, 0.6) is 5.75 Å². The van der Waals surface area contributed by atoms with Gasteiger partial charge in [-0.15, -0.1) is 0 Å². The quantitative estimate of drug-likeness (QED) is 0.597. The Hall–Kier alpha value is -1.29. The fourth-order valence-electron chi connectivity index (χ4n) is 1.21. The highest BCUT2D eigenvalue weighted by molar-refractivity contribution is 5.52. The third kappa shape index (κ3) is 4.16. The summed E-state index contributed by atoms with van der Waals surface area (Å²) in [6.45, 7) is 1.55. The van der Waals surface area contributed by atoms with Gasteiger partial charge in [-0.1, -0.05) is 0 Å². The van der Waals surface area contributed by atoms with Gasteiger partial charge in [0.15, 0.2) is 0 Å². The van der Waals surface area contributed by atoms with Crippen LogP contribution in [0, 0.1) is 5.82 Å². The monoisotopic (exact) mass is 212 g/mol. The molecule has 0 aliphatic rings. The Bertz CT molecular complexity index is 315. The zero-order chi connectivity index (χ0) is 11.3. The summed E-state index contributed by atoms with van der Waals surface area (Å²) in [5.74, 6) is 0.211. The average molecular weight is 212 g/mol. The van der Waals surface area contributed by atoms with Crippen LogP contribution in [0.25, 0.3) is 0 Å². The predicted molar refractivity (Wildman–Crippen MR) is 59.5 cm³/mol. The number of hydrogen-bond acceptors (Lipinski definition) is 3. The second-order valence-corrected chi connectivity index (χ2v) is 3.69. The lowest BCUT2D eigenvalue weighted by atomic mass is 10.3. The minimum atomic E-state index is -0.340. The van der Waals surface area contributed by atoms with Crippen molar-refractivity contribution in [2.45, 2.75) is 6.42 Å². The average Bonchev–Trinajstić information content (AvgIpc) is 2.14. The first-order chi connectivity index (χ1) is 7.09. The molecule has 0 aliphatic carbocycles. The summed E-state index contributed by atoms with van der Waals surface area (Å²) in [6.07, 6.45) is 0.920. The third-order valence-electron chi connectivity index (χ3n) is 1.98. The molecular formula is C11H17FN2O. The highest BCUT2D eigenvalue weighted by atomic mass is 19.1. The molecular weight excluding hydrogens is 195 g/mol. The van der Waals surface area contributed by atoms with Crippen molar-refractivity contribution >= 4 is 5.69 Å². The first-order valence-corrected chi connectivity index (χ1v) is 4.92. The van der Waals surface area contributed by atoms with Crippen LogP contribution >= 0.6 is 0 Å². The van der Waals surface area contributed by atoms with Crippen LogP contribution in [0.3, 0.4) is 0 Å². The molecule has 84 valence electrons. The molecule has 0 aliphatic heterocycles. The van der Waals surface area contributed by atoms with Crippen LogP contribution in [0.4, 0.5) is 10.1 Å². The first-order valence-electron chi connectivity index (χ1n) is 4.92. The van der Waals surface area contributed by atoms with Gasteiger partial charge in [0.25, 0.3) is 0 Å². The maximum absolute atomic E-state index is 12.7. The fraction of sp³-hybridized carbons (Fsp3) is 0.455. The van der Waals surface area contributed by atoms with Crippen LogP contribution in [0.15, 0.2) is 18.2 Å². The van der Waals surface area contributed by atoms with E-state index in [1.54, 1.807) is 6.07 Å². The summed E-state index contributed by atoms with van der Waals surface area (Å²) < 4.78 is 18.1. The molecule has 3 nitrogen and oxygen atoms in total. The number of halogens is 1. The zero-order valence-electron chi connectivity index (χ0n) is 9.16. The van der Waals surface area contributed by atoms with Crippen molar-refractivity contribution in [3.63, 3.8) is 0 Å². The number of ether oxygens (including phenoxy) is 1. The fourth-order valence-corrected chi connectivity index (χ4v) is 1.21. The number of rotatable bonds is 5. The van der Waals surface area contributed by atoms with Crippen LogP contribution in [0.1, 0.15) is 6.42 Å². The SMILES string of the molecule is CN(C)CCCOc1ccc(F)cc1N. The lowest BCUT2D eigenvalue weighted by molar-refractivity contribution is 0.282. The summed E-state index contributed by atoms with van der Waals surface area (Å²) in [7, 11) is 4.01. The van der Waals surface area contributed by atoms with Crippen molar-refractivity contribution < 1.29 is 9.13 Å². The molecule has 0 bridgehead atoms. The van der Waals surface area contributed by atoms with Crippen LogP contribution in [0.2, 0.25) is 0 Å². The number of anilines is 1. The van der Waals surface area contributed by atoms with Gasteiger partial charge < -0.3 is 15.4 Å². The molecule has 0 amide bonds. The van der Waals surface area contributed by atoms with Crippen molar-refractivity contribution in [3.8, 4) is 5.75 Å². The van der Waals surface area contributed by atoms with Crippen molar-refractivity contribution in [1.82, 2.24) is 4.90 Å². The molecule has 15 heavy (non-hydrogen) atoms. The maximum Gasteiger partial charge on any atom is 0.142 e. The van der Waals surface area contributed by atoms with Gasteiger partial charge in [0.05, 0.1) is 12.3 Å².